The van der Waals surface area contributed by atoms with Crippen LogP contribution in [0, 0.1) is 43.9 Å². The lowest BCUT2D eigenvalue weighted by atomic mass is 9.48. The van der Waals surface area contributed by atoms with Crippen LogP contribution in [-0.2, 0) is 0 Å². The SMILES string of the molecule is Cc1cc(C)c(C(=O)c2ccc(C(=O)NC(C)C34CC5CC(CC(C5)C3)C4)cc2)c(C)c1. The summed E-state index contributed by atoms with van der Waals surface area (Å²) in [5, 5.41) is 3.33. The summed E-state index contributed by atoms with van der Waals surface area (Å²) < 4.78 is 0. The van der Waals surface area contributed by atoms with E-state index in [0.29, 0.717) is 16.5 Å². The summed E-state index contributed by atoms with van der Waals surface area (Å²) in [5.74, 6) is 2.63. The van der Waals surface area contributed by atoms with Gasteiger partial charge in [0.05, 0.1) is 0 Å². The van der Waals surface area contributed by atoms with Gasteiger partial charge in [-0.3, -0.25) is 9.59 Å². The topological polar surface area (TPSA) is 46.2 Å². The van der Waals surface area contributed by atoms with E-state index in [1.54, 1.807) is 24.3 Å². The van der Waals surface area contributed by atoms with Crippen molar-refractivity contribution < 1.29 is 9.59 Å². The molecule has 6 rings (SSSR count). The van der Waals surface area contributed by atoms with Gasteiger partial charge in [-0.05, 0) is 113 Å². The van der Waals surface area contributed by atoms with E-state index < -0.39 is 0 Å². The third-order valence-electron chi connectivity index (χ3n) is 8.67. The second-order valence-corrected chi connectivity index (χ2v) is 11.2. The Morgan fingerprint density at radius 3 is 1.81 bits per heavy atom. The van der Waals surface area contributed by atoms with Gasteiger partial charge in [0.1, 0.15) is 0 Å². The van der Waals surface area contributed by atoms with Gasteiger partial charge in [0.15, 0.2) is 5.78 Å². The molecule has 0 aromatic heterocycles. The summed E-state index contributed by atoms with van der Waals surface area (Å²) in [4.78, 5) is 26.2. The first-order valence-corrected chi connectivity index (χ1v) is 12.3. The molecule has 4 aliphatic carbocycles. The van der Waals surface area contributed by atoms with E-state index in [0.717, 1.165) is 40.0 Å². The molecule has 4 bridgehead atoms. The average molecular weight is 430 g/mol. The Labute approximate surface area is 192 Å². The molecule has 1 N–H and O–H groups in total. The third kappa shape index (κ3) is 3.70. The van der Waals surface area contributed by atoms with Crippen LogP contribution in [-0.4, -0.2) is 17.7 Å². The van der Waals surface area contributed by atoms with Crippen LogP contribution in [0.25, 0.3) is 0 Å². The van der Waals surface area contributed by atoms with E-state index in [1.807, 2.05) is 32.9 Å². The van der Waals surface area contributed by atoms with Crippen LogP contribution in [0.5, 0.6) is 0 Å². The van der Waals surface area contributed by atoms with Crippen molar-refractivity contribution in [3.8, 4) is 0 Å². The Hall–Kier alpha value is -2.42. The zero-order valence-electron chi connectivity index (χ0n) is 19.8. The molecule has 0 aliphatic heterocycles. The maximum atomic E-state index is 13.1. The lowest BCUT2D eigenvalue weighted by molar-refractivity contribution is -0.0688. The summed E-state index contributed by atoms with van der Waals surface area (Å²) in [6.45, 7) is 8.24. The van der Waals surface area contributed by atoms with Gasteiger partial charge >= 0.3 is 0 Å². The van der Waals surface area contributed by atoms with Gasteiger partial charge in [0.25, 0.3) is 5.91 Å². The lowest BCUT2D eigenvalue weighted by Gasteiger charge is -2.59. The van der Waals surface area contributed by atoms with E-state index in [4.69, 9.17) is 0 Å². The highest BCUT2D eigenvalue weighted by molar-refractivity contribution is 6.11. The van der Waals surface area contributed by atoms with Crippen molar-refractivity contribution in [3.05, 3.63) is 69.8 Å². The molecule has 2 aromatic rings. The predicted octanol–water partition coefficient (Wildman–Crippen LogP) is 6.18. The lowest BCUT2D eigenvalue weighted by Crippen LogP contribution is -2.55. The fourth-order valence-corrected chi connectivity index (χ4v) is 7.60. The largest absolute Gasteiger partial charge is 0.349 e. The first-order valence-electron chi connectivity index (χ1n) is 12.3. The second kappa shape index (κ2) is 7.86. The monoisotopic (exact) mass is 429 g/mol. The fourth-order valence-electron chi connectivity index (χ4n) is 7.60. The molecule has 0 spiro atoms. The van der Waals surface area contributed by atoms with E-state index in [2.05, 4.69) is 12.2 Å². The Morgan fingerprint density at radius 2 is 1.31 bits per heavy atom. The van der Waals surface area contributed by atoms with E-state index in [1.165, 1.54) is 38.5 Å². The van der Waals surface area contributed by atoms with Gasteiger partial charge in [-0.2, -0.15) is 0 Å². The fraction of sp³-hybridized carbons (Fsp3) is 0.517. The van der Waals surface area contributed by atoms with Crippen molar-refractivity contribution >= 4 is 11.7 Å². The number of nitrogens with one attached hydrogen (secondary N) is 1. The molecule has 2 aromatic carbocycles. The molecule has 1 unspecified atom stereocenters. The molecule has 4 fully saturated rings. The minimum atomic E-state index is -0.0186. The van der Waals surface area contributed by atoms with Crippen LogP contribution in [0.3, 0.4) is 0 Å². The van der Waals surface area contributed by atoms with Crippen molar-refractivity contribution in [1.29, 1.82) is 0 Å². The standard InChI is InChI=1S/C29H35NO2/c1-17-9-18(2)26(19(3)10-17)27(31)24-5-7-25(8-6-24)28(32)30-20(4)29-14-21-11-22(15-29)13-23(12-21)16-29/h5-10,20-23H,11-16H2,1-4H3,(H,30,32). The van der Waals surface area contributed by atoms with Crippen molar-refractivity contribution in [2.45, 2.75) is 72.3 Å². The Balaban J connectivity index is 1.29. The molecule has 4 aliphatic rings. The van der Waals surface area contributed by atoms with Gasteiger partial charge in [-0.25, -0.2) is 0 Å². The highest BCUT2D eigenvalue weighted by atomic mass is 16.1. The third-order valence-corrected chi connectivity index (χ3v) is 8.67. The van der Waals surface area contributed by atoms with Crippen LogP contribution in [0.15, 0.2) is 36.4 Å². The number of carbonyl (C=O) groups excluding carboxylic acids is 2. The molecule has 0 saturated heterocycles. The van der Waals surface area contributed by atoms with Crippen molar-refractivity contribution in [3.63, 3.8) is 0 Å². The molecule has 3 heteroatoms. The number of hydrogen-bond acceptors (Lipinski definition) is 2. The Kier molecular flexibility index (Phi) is 5.27. The van der Waals surface area contributed by atoms with Gasteiger partial charge < -0.3 is 5.32 Å². The van der Waals surface area contributed by atoms with Gasteiger partial charge in [0.2, 0.25) is 0 Å². The number of ketones is 1. The van der Waals surface area contributed by atoms with Crippen LogP contribution in [0.2, 0.25) is 0 Å². The maximum Gasteiger partial charge on any atom is 0.251 e. The van der Waals surface area contributed by atoms with Crippen LogP contribution >= 0.6 is 0 Å². The van der Waals surface area contributed by atoms with Crippen LogP contribution in [0.4, 0.5) is 0 Å². The summed E-state index contributed by atoms with van der Waals surface area (Å²) in [5.41, 5.74) is 5.49. The van der Waals surface area contributed by atoms with Crippen molar-refractivity contribution in [2.75, 3.05) is 0 Å². The van der Waals surface area contributed by atoms with E-state index in [9.17, 15) is 9.59 Å². The summed E-state index contributed by atoms with van der Waals surface area (Å²) in [6, 6.07) is 11.5. The zero-order valence-corrected chi connectivity index (χ0v) is 19.8. The molecule has 4 saturated carbocycles. The number of aryl methyl sites for hydroxylation is 3. The highest BCUT2D eigenvalue weighted by Crippen LogP contribution is 2.61. The number of benzene rings is 2. The quantitative estimate of drug-likeness (QED) is 0.577. The average Bonchev–Trinajstić information content (AvgIpc) is 2.72. The molecule has 3 nitrogen and oxygen atoms in total. The predicted molar refractivity (Wildman–Crippen MR) is 128 cm³/mol. The number of hydrogen-bond donors (Lipinski definition) is 1. The molecule has 32 heavy (non-hydrogen) atoms. The normalized spacial score (nSPS) is 29.1. The second-order valence-electron chi connectivity index (χ2n) is 11.2. The first kappa shape index (κ1) is 21.4. The van der Waals surface area contributed by atoms with Gasteiger partial charge in [-0.1, -0.05) is 29.8 Å². The van der Waals surface area contributed by atoms with Crippen LogP contribution in [0.1, 0.15) is 88.4 Å². The Morgan fingerprint density at radius 1 is 0.844 bits per heavy atom. The summed E-state index contributed by atoms with van der Waals surface area (Å²) in [7, 11) is 0. The smallest absolute Gasteiger partial charge is 0.251 e. The summed E-state index contributed by atoms with van der Waals surface area (Å²) >= 11 is 0. The summed E-state index contributed by atoms with van der Waals surface area (Å²) in [6.07, 6.45) is 8.08. The maximum absolute atomic E-state index is 13.1. The van der Waals surface area contributed by atoms with E-state index in [-0.39, 0.29) is 17.7 Å². The minimum Gasteiger partial charge on any atom is -0.349 e. The molecule has 168 valence electrons. The van der Waals surface area contributed by atoms with Gasteiger partial charge in [-0.15, -0.1) is 0 Å². The van der Waals surface area contributed by atoms with Crippen molar-refractivity contribution in [1.82, 2.24) is 5.32 Å². The Bertz CT molecular complexity index is 1010. The van der Waals surface area contributed by atoms with Gasteiger partial charge in [0, 0.05) is 22.7 Å². The van der Waals surface area contributed by atoms with Crippen molar-refractivity contribution in [2.24, 2.45) is 23.2 Å². The molecule has 1 amide bonds. The minimum absolute atomic E-state index is 0.0186. The molecule has 0 heterocycles. The number of rotatable bonds is 5. The number of carbonyl (C=O) groups is 2. The molecule has 0 radical (unpaired) electrons. The van der Waals surface area contributed by atoms with Crippen LogP contribution < -0.4 is 5.32 Å². The highest BCUT2D eigenvalue weighted by Gasteiger charge is 2.53. The first-order chi connectivity index (χ1) is 15.2. The zero-order chi connectivity index (χ0) is 22.6. The molecular weight excluding hydrogens is 394 g/mol. The van der Waals surface area contributed by atoms with E-state index >= 15 is 0 Å². The molecule has 1 atom stereocenters. The molecular formula is C29H35NO2. The number of amides is 1.